The molecule has 5 nitrogen and oxygen atoms in total. The molecule has 18 heavy (non-hydrogen) atoms. The number of ether oxygens (including phenoxy) is 1. The summed E-state index contributed by atoms with van der Waals surface area (Å²) >= 11 is 0. The Labute approximate surface area is 105 Å². The van der Waals surface area contributed by atoms with E-state index in [-0.39, 0.29) is 5.69 Å². The molecular weight excluding hydrogens is 232 g/mol. The van der Waals surface area contributed by atoms with E-state index in [4.69, 9.17) is 9.84 Å². The normalized spacial score (nSPS) is 10.4. The lowest BCUT2D eigenvalue weighted by molar-refractivity contribution is 0.0690. The fourth-order valence-electron chi connectivity index (χ4n) is 2.01. The third kappa shape index (κ3) is 1.84. The van der Waals surface area contributed by atoms with E-state index in [2.05, 4.69) is 4.98 Å². The van der Waals surface area contributed by atoms with Gasteiger partial charge in [-0.05, 0) is 26.0 Å². The number of aromatic nitrogens is 2. The molecule has 0 bridgehead atoms. The van der Waals surface area contributed by atoms with Crippen LogP contribution in [0.4, 0.5) is 0 Å². The van der Waals surface area contributed by atoms with Crippen molar-refractivity contribution in [2.24, 2.45) is 0 Å². The molecule has 1 heterocycles. The van der Waals surface area contributed by atoms with E-state index in [9.17, 15) is 4.79 Å². The summed E-state index contributed by atoms with van der Waals surface area (Å²) in [6.07, 6.45) is 0. The summed E-state index contributed by atoms with van der Waals surface area (Å²) in [5, 5.41) is 9.07. The average Bonchev–Trinajstić information content (AvgIpc) is 2.65. The minimum absolute atomic E-state index is 0.0680. The molecule has 2 rings (SSSR count). The lowest BCUT2D eigenvalue weighted by Crippen LogP contribution is -2.04. The maximum atomic E-state index is 11.1. The Morgan fingerprint density at radius 1 is 1.33 bits per heavy atom. The smallest absolute Gasteiger partial charge is 0.356 e. The Bertz CT molecular complexity index is 602. The van der Waals surface area contributed by atoms with Gasteiger partial charge in [0.2, 0.25) is 0 Å². The van der Waals surface area contributed by atoms with Crippen molar-refractivity contribution in [1.82, 2.24) is 9.55 Å². The first-order valence-corrected chi connectivity index (χ1v) is 5.49. The zero-order valence-electron chi connectivity index (χ0n) is 10.5. The Morgan fingerprint density at radius 3 is 2.56 bits per heavy atom. The number of aromatic carboxylic acids is 1. The molecule has 1 aromatic carbocycles. The highest BCUT2D eigenvalue weighted by atomic mass is 16.5. The van der Waals surface area contributed by atoms with Gasteiger partial charge >= 0.3 is 5.97 Å². The topological polar surface area (TPSA) is 64.4 Å². The van der Waals surface area contributed by atoms with Crippen molar-refractivity contribution in [3.63, 3.8) is 0 Å². The molecule has 0 atom stereocenters. The van der Waals surface area contributed by atoms with Crippen molar-refractivity contribution >= 4 is 5.97 Å². The van der Waals surface area contributed by atoms with Crippen LogP contribution in [-0.2, 0) is 0 Å². The molecule has 0 spiro atoms. The third-order valence-electron chi connectivity index (χ3n) is 2.80. The van der Waals surface area contributed by atoms with E-state index in [0.717, 1.165) is 5.69 Å². The van der Waals surface area contributed by atoms with Gasteiger partial charge in [0.05, 0.1) is 18.5 Å². The number of nitrogens with zero attached hydrogens (tertiary/aromatic N) is 2. The van der Waals surface area contributed by atoms with Gasteiger partial charge in [0.15, 0.2) is 5.69 Å². The maximum absolute atomic E-state index is 11.1. The second-order valence-corrected chi connectivity index (χ2v) is 3.91. The summed E-state index contributed by atoms with van der Waals surface area (Å²) in [5.41, 5.74) is 1.44. The predicted octanol–water partition coefficient (Wildman–Crippen LogP) is 2.20. The standard InChI is InChI=1S/C13H14N2O3/c1-8-12(13(16)17)14-9(2)15(8)10-6-4-5-7-11(10)18-3/h4-7H,1-3H3,(H,16,17). The van der Waals surface area contributed by atoms with Crippen LogP contribution in [0.1, 0.15) is 22.0 Å². The first-order valence-electron chi connectivity index (χ1n) is 5.49. The van der Waals surface area contributed by atoms with Gasteiger partial charge in [-0.3, -0.25) is 4.57 Å². The predicted molar refractivity (Wildman–Crippen MR) is 66.5 cm³/mol. The Hall–Kier alpha value is -2.30. The Morgan fingerprint density at radius 2 is 2.00 bits per heavy atom. The van der Waals surface area contributed by atoms with Gasteiger partial charge in [-0.25, -0.2) is 9.78 Å². The molecule has 0 amide bonds. The number of carbonyl (C=O) groups is 1. The highest BCUT2D eigenvalue weighted by Crippen LogP contribution is 2.26. The summed E-state index contributed by atoms with van der Waals surface area (Å²) < 4.78 is 7.06. The van der Waals surface area contributed by atoms with Gasteiger partial charge in [-0.2, -0.15) is 0 Å². The molecular formula is C13H14N2O3. The van der Waals surface area contributed by atoms with Crippen molar-refractivity contribution in [1.29, 1.82) is 0 Å². The van der Waals surface area contributed by atoms with Crippen LogP contribution < -0.4 is 4.74 Å². The van der Waals surface area contributed by atoms with Crippen LogP contribution >= 0.6 is 0 Å². The third-order valence-corrected chi connectivity index (χ3v) is 2.80. The van der Waals surface area contributed by atoms with E-state index in [1.54, 1.807) is 25.5 Å². The summed E-state index contributed by atoms with van der Waals surface area (Å²) in [7, 11) is 1.58. The largest absolute Gasteiger partial charge is 0.495 e. The van der Waals surface area contributed by atoms with Crippen LogP contribution in [0.5, 0.6) is 5.75 Å². The van der Waals surface area contributed by atoms with Gasteiger partial charge in [0.1, 0.15) is 11.6 Å². The lowest BCUT2D eigenvalue weighted by atomic mass is 10.2. The summed E-state index contributed by atoms with van der Waals surface area (Å²) in [6.45, 7) is 3.50. The number of carboxylic acids is 1. The molecule has 0 saturated heterocycles. The van der Waals surface area contributed by atoms with Crippen molar-refractivity contribution < 1.29 is 14.6 Å². The number of hydrogen-bond donors (Lipinski definition) is 1. The minimum atomic E-state index is -1.02. The molecule has 2 aromatic rings. The summed E-state index contributed by atoms with van der Waals surface area (Å²) in [5.74, 6) is 0.275. The molecule has 0 aliphatic heterocycles. The van der Waals surface area contributed by atoms with Crippen LogP contribution in [0.25, 0.3) is 5.69 Å². The highest BCUT2D eigenvalue weighted by molar-refractivity contribution is 5.87. The van der Waals surface area contributed by atoms with Crippen LogP contribution in [0.2, 0.25) is 0 Å². The number of imidazole rings is 1. The summed E-state index contributed by atoms with van der Waals surface area (Å²) in [6, 6.07) is 7.43. The summed E-state index contributed by atoms with van der Waals surface area (Å²) in [4.78, 5) is 15.1. The molecule has 94 valence electrons. The first kappa shape index (κ1) is 12.2. The molecule has 1 aromatic heterocycles. The second-order valence-electron chi connectivity index (χ2n) is 3.91. The van der Waals surface area contributed by atoms with Crippen molar-refractivity contribution in [3.05, 3.63) is 41.5 Å². The quantitative estimate of drug-likeness (QED) is 0.901. The first-order chi connectivity index (χ1) is 8.56. The number of hydrogen-bond acceptors (Lipinski definition) is 3. The number of rotatable bonds is 3. The minimum Gasteiger partial charge on any atom is -0.495 e. The number of carboxylic acid groups (broad SMARTS) is 1. The Kier molecular flexibility index (Phi) is 3.06. The fourth-order valence-corrected chi connectivity index (χ4v) is 2.01. The SMILES string of the molecule is COc1ccccc1-n1c(C)nc(C(=O)O)c1C. The number of methoxy groups -OCH3 is 1. The van der Waals surface area contributed by atoms with Crippen molar-refractivity contribution in [2.45, 2.75) is 13.8 Å². The Balaban J connectivity index is 2.68. The number of aryl methyl sites for hydroxylation is 1. The van der Waals surface area contributed by atoms with E-state index in [1.165, 1.54) is 0 Å². The monoisotopic (exact) mass is 246 g/mol. The van der Waals surface area contributed by atoms with Gasteiger partial charge in [0.25, 0.3) is 0 Å². The molecule has 0 fully saturated rings. The van der Waals surface area contributed by atoms with Crippen molar-refractivity contribution in [2.75, 3.05) is 7.11 Å². The average molecular weight is 246 g/mol. The molecule has 5 heteroatoms. The molecule has 0 radical (unpaired) electrons. The van der Waals surface area contributed by atoms with Crippen LogP contribution in [0.3, 0.4) is 0 Å². The van der Waals surface area contributed by atoms with E-state index < -0.39 is 5.97 Å². The van der Waals surface area contributed by atoms with Gasteiger partial charge in [-0.1, -0.05) is 12.1 Å². The van der Waals surface area contributed by atoms with E-state index in [1.807, 2.05) is 24.3 Å². The van der Waals surface area contributed by atoms with E-state index >= 15 is 0 Å². The number of para-hydroxylation sites is 2. The fraction of sp³-hybridized carbons (Fsp3) is 0.231. The molecule has 0 saturated carbocycles. The molecule has 1 N–H and O–H groups in total. The molecule has 0 unspecified atom stereocenters. The zero-order valence-corrected chi connectivity index (χ0v) is 10.5. The van der Waals surface area contributed by atoms with Crippen LogP contribution in [0.15, 0.2) is 24.3 Å². The van der Waals surface area contributed by atoms with E-state index in [0.29, 0.717) is 17.3 Å². The van der Waals surface area contributed by atoms with Gasteiger partial charge in [-0.15, -0.1) is 0 Å². The van der Waals surface area contributed by atoms with Crippen LogP contribution in [0, 0.1) is 13.8 Å². The number of benzene rings is 1. The molecule has 0 aliphatic carbocycles. The second kappa shape index (κ2) is 4.52. The molecule has 0 aliphatic rings. The maximum Gasteiger partial charge on any atom is 0.356 e. The highest BCUT2D eigenvalue weighted by Gasteiger charge is 2.19. The lowest BCUT2D eigenvalue weighted by Gasteiger charge is -2.12. The van der Waals surface area contributed by atoms with Gasteiger partial charge in [0, 0.05) is 0 Å². The van der Waals surface area contributed by atoms with Crippen LogP contribution in [-0.4, -0.2) is 27.7 Å². The van der Waals surface area contributed by atoms with Gasteiger partial charge < -0.3 is 9.84 Å². The zero-order chi connectivity index (χ0) is 13.3. The van der Waals surface area contributed by atoms with Crippen molar-refractivity contribution in [3.8, 4) is 11.4 Å².